The zero-order chi connectivity index (χ0) is 15.2. The van der Waals surface area contributed by atoms with Crippen molar-refractivity contribution in [3.63, 3.8) is 0 Å². The first-order valence-corrected chi connectivity index (χ1v) is 7.71. The van der Waals surface area contributed by atoms with Gasteiger partial charge in [-0.2, -0.15) is 0 Å². The van der Waals surface area contributed by atoms with Gasteiger partial charge in [0.05, 0.1) is 7.11 Å². The van der Waals surface area contributed by atoms with Gasteiger partial charge < -0.3 is 10.1 Å². The number of hydrogen-bond donors (Lipinski definition) is 1. The van der Waals surface area contributed by atoms with Crippen LogP contribution in [0, 0.1) is 0 Å². The molecule has 0 bridgehead atoms. The van der Waals surface area contributed by atoms with Crippen molar-refractivity contribution in [3.05, 3.63) is 63.6 Å². The molecule has 0 spiro atoms. The van der Waals surface area contributed by atoms with Crippen LogP contribution in [0.3, 0.4) is 0 Å². The van der Waals surface area contributed by atoms with Crippen molar-refractivity contribution in [2.24, 2.45) is 0 Å². The zero-order valence-electron chi connectivity index (χ0n) is 12.2. The van der Waals surface area contributed by atoms with E-state index in [4.69, 9.17) is 27.9 Å². The van der Waals surface area contributed by atoms with E-state index in [1.165, 1.54) is 5.56 Å². The van der Waals surface area contributed by atoms with Crippen molar-refractivity contribution in [2.45, 2.75) is 25.9 Å². The molecule has 0 aromatic heterocycles. The van der Waals surface area contributed by atoms with Crippen LogP contribution in [0.4, 0.5) is 0 Å². The molecule has 0 aliphatic carbocycles. The van der Waals surface area contributed by atoms with Gasteiger partial charge in [-0.25, -0.2) is 0 Å². The second-order valence-corrected chi connectivity index (χ2v) is 5.69. The number of ether oxygens (including phenoxy) is 1. The van der Waals surface area contributed by atoms with Gasteiger partial charge in [0.2, 0.25) is 0 Å². The van der Waals surface area contributed by atoms with E-state index < -0.39 is 0 Å². The van der Waals surface area contributed by atoms with E-state index >= 15 is 0 Å². The van der Waals surface area contributed by atoms with Gasteiger partial charge in [-0.15, -0.1) is 0 Å². The van der Waals surface area contributed by atoms with Crippen LogP contribution in [0.1, 0.15) is 30.5 Å². The van der Waals surface area contributed by atoms with E-state index in [1.54, 1.807) is 13.2 Å². The molecule has 0 radical (unpaired) electrons. The van der Waals surface area contributed by atoms with Crippen molar-refractivity contribution in [1.29, 1.82) is 0 Å². The van der Waals surface area contributed by atoms with Gasteiger partial charge in [-0.1, -0.05) is 48.3 Å². The molecule has 112 valence electrons. The lowest BCUT2D eigenvalue weighted by molar-refractivity contribution is 0.414. The van der Waals surface area contributed by atoms with Gasteiger partial charge in [0.25, 0.3) is 0 Å². The first-order valence-electron chi connectivity index (χ1n) is 6.95. The monoisotopic (exact) mass is 323 g/mol. The van der Waals surface area contributed by atoms with Gasteiger partial charge in [0, 0.05) is 22.6 Å². The maximum absolute atomic E-state index is 6.20. The summed E-state index contributed by atoms with van der Waals surface area (Å²) in [6.07, 6.45) is 0.998. The summed E-state index contributed by atoms with van der Waals surface area (Å²) in [5, 5.41) is 4.88. The molecule has 0 aliphatic rings. The summed E-state index contributed by atoms with van der Waals surface area (Å²) in [6, 6.07) is 14.0. The predicted molar refractivity (Wildman–Crippen MR) is 89.3 cm³/mol. The average Bonchev–Trinajstić information content (AvgIpc) is 2.50. The van der Waals surface area contributed by atoms with Gasteiger partial charge in [0.1, 0.15) is 5.75 Å². The Kier molecular flexibility index (Phi) is 5.92. The van der Waals surface area contributed by atoms with Gasteiger partial charge in [-0.05, 0) is 41.8 Å². The fourth-order valence-electron chi connectivity index (χ4n) is 2.23. The standard InChI is InChI=1S/C17H19Cl2NO/c1-3-17(12-5-8-15(21-2)9-6-12)20-11-13-4-7-14(18)10-16(13)19/h4-10,17,20H,3,11H2,1-2H3. The Balaban J connectivity index is 2.04. The predicted octanol–water partition coefficient (Wildman–Crippen LogP) is 5.24. The highest BCUT2D eigenvalue weighted by Gasteiger charge is 2.10. The molecule has 4 heteroatoms. The lowest BCUT2D eigenvalue weighted by Gasteiger charge is -2.18. The van der Waals surface area contributed by atoms with E-state index in [1.807, 2.05) is 24.3 Å². The van der Waals surface area contributed by atoms with Crippen molar-refractivity contribution >= 4 is 23.2 Å². The Morgan fingerprint density at radius 2 is 1.81 bits per heavy atom. The number of halogens is 2. The molecule has 1 atom stereocenters. The molecule has 0 heterocycles. The van der Waals surface area contributed by atoms with Crippen molar-refractivity contribution < 1.29 is 4.74 Å². The molecule has 21 heavy (non-hydrogen) atoms. The van der Waals surface area contributed by atoms with Crippen molar-refractivity contribution in [3.8, 4) is 5.75 Å². The van der Waals surface area contributed by atoms with Crippen LogP contribution < -0.4 is 10.1 Å². The summed E-state index contributed by atoms with van der Waals surface area (Å²) >= 11 is 12.1. The first kappa shape index (κ1) is 16.2. The molecule has 0 saturated carbocycles. The van der Waals surface area contributed by atoms with Crippen LogP contribution in [-0.4, -0.2) is 7.11 Å². The third-order valence-electron chi connectivity index (χ3n) is 3.48. The number of hydrogen-bond acceptors (Lipinski definition) is 2. The van der Waals surface area contributed by atoms with Gasteiger partial charge in [-0.3, -0.25) is 0 Å². The third-order valence-corrected chi connectivity index (χ3v) is 4.07. The minimum atomic E-state index is 0.280. The van der Waals surface area contributed by atoms with Crippen LogP contribution in [0.15, 0.2) is 42.5 Å². The van der Waals surface area contributed by atoms with Crippen LogP contribution in [0.2, 0.25) is 10.0 Å². The molecule has 2 aromatic carbocycles. The Morgan fingerprint density at radius 1 is 1.10 bits per heavy atom. The van der Waals surface area contributed by atoms with Crippen molar-refractivity contribution in [2.75, 3.05) is 7.11 Å². The van der Waals surface area contributed by atoms with E-state index in [0.717, 1.165) is 17.7 Å². The minimum Gasteiger partial charge on any atom is -0.497 e. The van der Waals surface area contributed by atoms with Crippen molar-refractivity contribution in [1.82, 2.24) is 5.32 Å². The Morgan fingerprint density at radius 3 is 2.38 bits per heavy atom. The number of methoxy groups -OCH3 is 1. The minimum absolute atomic E-state index is 0.280. The Labute approximate surface area is 136 Å². The highest BCUT2D eigenvalue weighted by atomic mass is 35.5. The number of rotatable bonds is 6. The average molecular weight is 324 g/mol. The van der Waals surface area contributed by atoms with Crippen LogP contribution >= 0.6 is 23.2 Å². The molecular weight excluding hydrogens is 305 g/mol. The summed E-state index contributed by atoms with van der Waals surface area (Å²) in [7, 11) is 1.67. The normalized spacial score (nSPS) is 12.2. The summed E-state index contributed by atoms with van der Waals surface area (Å²) < 4.78 is 5.19. The first-order chi connectivity index (χ1) is 10.1. The third kappa shape index (κ3) is 4.37. The molecule has 2 aromatic rings. The number of nitrogens with one attached hydrogen (secondary N) is 1. The molecule has 2 nitrogen and oxygen atoms in total. The largest absolute Gasteiger partial charge is 0.497 e. The lowest BCUT2D eigenvalue weighted by Crippen LogP contribution is -2.20. The maximum atomic E-state index is 6.20. The molecule has 2 rings (SSSR count). The summed E-state index contributed by atoms with van der Waals surface area (Å²) in [4.78, 5) is 0. The highest BCUT2D eigenvalue weighted by Crippen LogP contribution is 2.24. The Bertz CT molecular complexity index is 584. The number of benzene rings is 2. The highest BCUT2D eigenvalue weighted by molar-refractivity contribution is 6.35. The summed E-state index contributed by atoms with van der Waals surface area (Å²) in [6.45, 7) is 2.87. The van der Waals surface area contributed by atoms with E-state index in [2.05, 4.69) is 24.4 Å². The molecular formula is C17H19Cl2NO. The topological polar surface area (TPSA) is 21.3 Å². The van der Waals surface area contributed by atoms with Gasteiger partial charge in [0.15, 0.2) is 0 Å². The zero-order valence-corrected chi connectivity index (χ0v) is 13.7. The Hall–Kier alpha value is -1.22. The SMILES string of the molecule is CCC(NCc1ccc(Cl)cc1Cl)c1ccc(OC)cc1. The van der Waals surface area contributed by atoms with Crippen LogP contribution in [0.25, 0.3) is 0 Å². The van der Waals surface area contributed by atoms with Crippen LogP contribution in [0.5, 0.6) is 5.75 Å². The molecule has 0 aliphatic heterocycles. The van der Waals surface area contributed by atoms with E-state index in [9.17, 15) is 0 Å². The maximum Gasteiger partial charge on any atom is 0.118 e. The second-order valence-electron chi connectivity index (χ2n) is 4.85. The van der Waals surface area contributed by atoms with E-state index in [0.29, 0.717) is 16.6 Å². The molecule has 0 saturated heterocycles. The lowest BCUT2D eigenvalue weighted by atomic mass is 10.0. The molecule has 0 amide bonds. The fraction of sp³-hybridized carbons (Fsp3) is 0.294. The fourth-order valence-corrected chi connectivity index (χ4v) is 2.71. The molecule has 0 fully saturated rings. The molecule has 1 unspecified atom stereocenters. The van der Waals surface area contributed by atoms with Gasteiger partial charge >= 0.3 is 0 Å². The van der Waals surface area contributed by atoms with E-state index in [-0.39, 0.29) is 6.04 Å². The molecule has 1 N–H and O–H groups in total. The summed E-state index contributed by atoms with van der Waals surface area (Å²) in [5.41, 5.74) is 2.29. The quantitative estimate of drug-likeness (QED) is 0.784. The summed E-state index contributed by atoms with van der Waals surface area (Å²) in [5.74, 6) is 0.870. The van der Waals surface area contributed by atoms with Crippen LogP contribution in [-0.2, 0) is 6.54 Å². The smallest absolute Gasteiger partial charge is 0.118 e. The second kappa shape index (κ2) is 7.69.